The molecule has 2 N–H and O–H groups in total. The van der Waals surface area contributed by atoms with E-state index >= 15 is 0 Å². The second-order valence-corrected chi connectivity index (χ2v) is 4.60. The highest BCUT2D eigenvalue weighted by molar-refractivity contribution is 7.71. The van der Waals surface area contributed by atoms with Crippen LogP contribution < -0.4 is 11.4 Å². The summed E-state index contributed by atoms with van der Waals surface area (Å²) in [5.74, 6) is -0.288. The van der Waals surface area contributed by atoms with Gasteiger partial charge in [0.2, 0.25) is 0 Å². The molecule has 0 unspecified atom stereocenters. The predicted molar refractivity (Wildman–Crippen MR) is 53.1 cm³/mol. The van der Waals surface area contributed by atoms with Gasteiger partial charge in [-0.05, 0) is 0 Å². The molecule has 0 aromatic heterocycles. The number of nitrogen functional groups attached to an aromatic ring is 1. The number of fused-ring (bicyclic) bond motifs is 1. The Labute approximate surface area is 85.4 Å². The van der Waals surface area contributed by atoms with E-state index in [9.17, 15) is 9.59 Å². The van der Waals surface area contributed by atoms with Crippen molar-refractivity contribution in [1.82, 2.24) is 0 Å². The number of furan rings is 1. The van der Waals surface area contributed by atoms with Crippen LogP contribution in [0.25, 0.3) is 10.6 Å². The SMILES string of the molecule is COC(=O)c1ssc2c(N)c(=O)oc1-2. The Kier molecular flexibility index (Phi) is 2.05. The number of rotatable bonds is 1. The molecular weight excluding hydrogens is 226 g/mol. The Balaban J connectivity index is 2.64. The average molecular weight is 231 g/mol. The molecule has 0 bridgehead atoms. The van der Waals surface area contributed by atoms with E-state index in [1.54, 1.807) is 0 Å². The van der Waals surface area contributed by atoms with Crippen molar-refractivity contribution < 1.29 is 13.9 Å². The Morgan fingerprint density at radius 1 is 1.50 bits per heavy atom. The van der Waals surface area contributed by atoms with E-state index in [2.05, 4.69) is 4.74 Å². The molecule has 0 radical (unpaired) electrons. The van der Waals surface area contributed by atoms with Gasteiger partial charge in [0.25, 0.3) is 0 Å². The van der Waals surface area contributed by atoms with E-state index < -0.39 is 11.6 Å². The summed E-state index contributed by atoms with van der Waals surface area (Å²) < 4.78 is 9.36. The summed E-state index contributed by atoms with van der Waals surface area (Å²) in [6, 6.07) is 0. The van der Waals surface area contributed by atoms with Gasteiger partial charge in [-0.25, -0.2) is 9.59 Å². The van der Waals surface area contributed by atoms with Crippen LogP contribution in [0, 0.1) is 0 Å². The van der Waals surface area contributed by atoms with E-state index in [1.165, 1.54) is 27.8 Å². The van der Waals surface area contributed by atoms with Crippen LogP contribution in [0.5, 0.6) is 0 Å². The van der Waals surface area contributed by atoms with Gasteiger partial charge >= 0.3 is 11.6 Å². The Morgan fingerprint density at radius 2 is 2.21 bits per heavy atom. The highest BCUT2D eigenvalue weighted by atomic mass is 32.9. The van der Waals surface area contributed by atoms with Crippen LogP contribution >= 0.6 is 20.7 Å². The quantitative estimate of drug-likeness (QED) is 0.589. The molecule has 2 rings (SSSR count). The fourth-order valence-corrected chi connectivity index (χ4v) is 3.40. The smallest absolute Gasteiger partial charge is 0.361 e. The maximum absolute atomic E-state index is 11.2. The Hall–Kier alpha value is -1.34. The number of carbonyl (C=O) groups is 1. The lowest BCUT2D eigenvalue weighted by molar-refractivity contribution is 0.0605. The zero-order valence-corrected chi connectivity index (χ0v) is 8.66. The van der Waals surface area contributed by atoms with Gasteiger partial charge in [0.05, 0.1) is 7.11 Å². The third-order valence-corrected chi connectivity index (χ3v) is 4.07. The Bertz CT molecular complexity index is 508. The lowest BCUT2D eigenvalue weighted by Gasteiger charge is -1.92. The highest BCUT2D eigenvalue weighted by Crippen LogP contribution is 2.40. The first-order valence-corrected chi connectivity index (χ1v) is 5.69. The van der Waals surface area contributed by atoms with E-state index in [1.807, 2.05) is 0 Å². The standard InChI is InChI=1S/C7H5NO4S2/c1-11-7(10)5-3-4(13-14-5)2(8)6(9)12-3/h8H2,1H3. The van der Waals surface area contributed by atoms with Crippen molar-refractivity contribution in [3.05, 3.63) is 15.3 Å². The van der Waals surface area contributed by atoms with Crippen LogP contribution in [0.4, 0.5) is 5.69 Å². The molecule has 0 atom stereocenters. The second kappa shape index (κ2) is 3.10. The van der Waals surface area contributed by atoms with E-state index in [0.29, 0.717) is 4.88 Å². The van der Waals surface area contributed by atoms with Gasteiger partial charge < -0.3 is 14.9 Å². The minimum Gasteiger partial charge on any atom is -0.465 e. The summed E-state index contributed by atoms with van der Waals surface area (Å²) in [5, 5.41) is 0. The van der Waals surface area contributed by atoms with Gasteiger partial charge in [-0.2, -0.15) is 0 Å². The van der Waals surface area contributed by atoms with E-state index in [-0.39, 0.29) is 16.3 Å². The molecule has 0 amide bonds. The number of hydrogen-bond acceptors (Lipinski definition) is 7. The number of esters is 1. The van der Waals surface area contributed by atoms with Crippen molar-refractivity contribution in [2.45, 2.75) is 0 Å². The van der Waals surface area contributed by atoms with Gasteiger partial charge in [-0.15, -0.1) is 0 Å². The first-order valence-electron chi connectivity index (χ1n) is 3.54. The normalized spacial score (nSPS) is 10.6. The minimum atomic E-state index is -0.607. The minimum absolute atomic E-state index is 0.0522. The highest BCUT2D eigenvalue weighted by Gasteiger charge is 2.27. The molecule has 2 aliphatic rings. The predicted octanol–water partition coefficient (Wildman–Crippen LogP) is 1.24. The fraction of sp³-hybridized carbons (Fsp3) is 0.143. The average Bonchev–Trinajstić information content (AvgIpc) is 2.69. The summed E-state index contributed by atoms with van der Waals surface area (Å²) >= 11 is 0. The monoisotopic (exact) mass is 231 g/mol. The van der Waals surface area contributed by atoms with Crippen LogP contribution in [0.1, 0.15) is 9.67 Å². The molecule has 0 aromatic rings. The molecule has 2 aliphatic heterocycles. The summed E-state index contributed by atoms with van der Waals surface area (Å²) in [6.45, 7) is 0. The zero-order valence-electron chi connectivity index (χ0n) is 7.03. The van der Waals surface area contributed by atoms with E-state index in [4.69, 9.17) is 10.2 Å². The number of anilines is 1. The van der Waals surface area contributed by atoms with Crippen LogP contribution in [0.15, 0.2) is 9.21 Å². The van der Waals surface area contributed by atoms with Gasteiger partial charge in [0.1, 0.15) is 10.6 Å². The molecule has 7 heteroatoms. The summed E-state index contributed by atoms with van der Waals surface area (Å²) in [4.78, 5) is 23.0. The van der Waals surface area contributed by atoms with Crippen LogP contribution in [-0.4, -0.2) is 13.1 Å². The largest absolute Gasteiger partial charge is 0.465 e. The van der Waals surface area contributed by atoms with Crippen LogP contribution in [-0.2, 0) is 4.74 Å². The van der Waals surface area contributed by atoms with Gasteiger partial charge in [0, 0.05) is 0 Å². The molecule has 14 heavy (non-hydrogen) atoms. The van der Waals surface area contributed by atoms with Crippen LogP contribution in [0.3, 0.4) is 0 Å². The molecule has 0 saturated carbocycles. The molecule has 5 nitrogen and oxygen atoms in total. The number of carbonyl (C=O) groups excluding carboxylic acids is 1. The van der Waals surface area contributed by atoms with E-state index in [0.717, 1.165) is 0 Å². The van der Waals surface area contributed by atoms with Gasteiger partial charge in [0.15, 0.2) is 10.6 Å². The lowest BCUT2D eigenvalue weighted by atomic mass is 10.3. The second-order valence-electron chi connectivity index (χ2n) is 2.45. The molecule has 0 aromatic carbocycles. The van der Waals surface area contributed by atoms with Gasteiger partial charge in [-0.3, -0.25) is 0 Å². The first-order chi connectivity index (χ1) is 6.65. The molecule has 2 heterocycles. The van der Waals surface area contributed by atoms with Crippen molar-refractivity contribution in [2.24, 2.45) is 0 Å². The third-order valence-electron chi connectivity index (χ3n) is 1.65. The summed E-state index contributed by atoms with van der Waals surface area (Å²) in [5.41, 5.74) is 4.90. The van der Waals surface area contributed by atoms with Crippen molar-refractivity contribution >= 4 is 32.3 Å². The number of methoxy groups -OCH3 is 1. The van der Waals surface area contributed by atoms with Crippen molar-refractivity contribution in [1.29, 1.82) is 0 Å². The Morgan fingerprint density at radius 3 is 2.86 bits per heavy atom. The van der Waals surface area contributed by atoms with Gasteiger partial charge in [-0.1, -0.05) is 20.7 Å². The number of hydrogen-bond donors (Lipinski definition) is 1. The molecule has 0 saturated heterocycles. The summed E-state index contributed by atoms with van der Waals surface area (Å²) in [6.07, 6.45) is 0. The van der Waals surface area contributed by atoms with Crippen molar-refractivity contribution in [3.8, 4) is 10.6 Å². The lowest BCUT2D eigenvalue weighted by Crippen LogP contribution is -1.99. The fourth-order valence-electron chi connectivity index (χ4n) is 0.982. The maximum Gasteiger partial charge on any atom is 0.361 e. The number of nitrogens with two attached hydrogens (primary N) is 1. The maximum atomic E-state index is 11.2. The van der Waals surface area contributed by atoms with Crippen molar-refractivity contribution in [3.63, 3.8) is 0 Å². The molecule has 0 aliphatic carbocycles. The summed E-state index contributed by atoms with van der Waals surface area (Å²) in [7, 11) is 3.67. The first kappa shape index (κ1) is 9.22. The zero-order chi connectivity index (χ0) is 10.3. The molecule has 0 fully saturated rings. The molecular formula is C7H5NO4S2. The van der Waals surface area contributed by atoms with Crippen molar-refractivity contribution in [2.75, 3.05) is 12.8 Å². The molecule has 0 spiro atoms. The third kappa shape index (κ3) is 1.13. The van der Waals surface area contributed by atoms with Crippen LogP contribution in [0.2, 0.25) is 0 Å². The topological polar surface area (TPSA) is 82.5 Å². The number of ether oxygens (including phenoxy) is 1. The molecule has 74 valence electrons.